The van der Waals surface area contributed by atoms with E-state index in [4.69, 9.17) is 14.2 Å². The van der Waals surface area contributed by atoms with Gasteiger partial charge >= 0.3 is 5.97 Å². The Balaban J connectivity index is 2.26. The smallest absolute Gasteiger partial charge is 0.308 e. The van der Waals surface area contributed by atoms with Crippen LogP contribution >= 0.6 is 0 Å². The Morgan fingerprint density at radius 1 is 1.22 bits per heavy atom. The minimum Gasteiger partial charge on any atom is -0.499 e. The van der Waals surface area contributed by atoms with E-state index in [-0.39, 0.29) is 23.4 Å². The second-order valence-corrected chi connectivity index (χ2v) is 7.13. The van der Waals surface area contributed by atoms with Crippen LogP contribution in [0.1, 0.15) is 35.2 Å². The number of ketones is 1. The van der Waals surface area contributed by atoms with Gasteiger partial charge < -0.3 is 19.3 Å². The van der Waals surface area contributed by atoms with Gasteiger partial charge in [-0.05, 0) is 44.6 Å². The summed E-state index contributed by atoms with van der Waals surface area (Å²) in [4.78, 5) is 26.8. The maximum Gasteiger partial charge on any atom is 0.308 e. The van der Waals surface area contributed by atoms with Crippen molar-refractivity contribution in [1.82, 2.24) is 4.90 Å². The van der Waals surface area contributed by atoms with E-state index in [1.807, 2.05) is 25.1 Å². The lowest BCUT2D eigenvalue weighted by atomic mass is 9.66. The molecule has 0 bridgehead atoms. The molecule has 2 aliphatic carbocycles. The summed E-state index contributed by atoms with van der Waals surface area (Å²) in [7, 11) is 6.70. The molecule has 0 aliphatic heterocycles. The van der Waals surface area contributed by atoms with Crippen molar-refractivity contribution >= 4 is 11.8 Å². The summed E-state index contributed by atoms with van der Waals surface area (Å²) in [5.41, 5.74) is 1.11. The number of benzene rings is 1. The number of ether oxygens (including phenoxy) is 3. The van der Waals surface area contributed by atoms with Gasteiger partial charge in [0.25, 0.3) is 0 Å². The van der Waals surface area contributed by atoms with Crippen LogP contribution in [0.25, 0.3) is 0 Å². The molecule has 0 radical (unpaired) electrons. The molecule has 1 aromatic carbocycles. The monoisotopic (exact) mass is 375 g/mol. The Hall–Kier alpha value is -2.38. The van der Waals surface area contributed by atoms with Gasteiger partial charge in [0.2, 0.25) is 0 Å². The fraction of sp³-hybridized carbons (Fsp3) is 0.500. The van der Waals surface area contributed by atoms with Crippen molar-refractivity contribution in [2.45, 2.75) is 31.4 Å². The van der Waals surface area contributed by atoms with Gasteiger partial charge in [-0.15, -0.1) is 0 Å². The Morgan fingerprint density at radius 3 is 2.48 bits per heavy atom. The molecule has 1 aromatic rings. The Morgan fingerprint density at radius 2 is 1.93 bits per heavy atom. The molecule has 1 N–H and O–H groups in total. The third kappa shape index (κ3) is 3.21. The van der Waals surface area contributed by atoms with Crippen LogP contribution in [0.15, 0.2) is 24.0 Å². The van der Waals surface area contributed by atoms with Gasteiger partial charge in [-0.1, -0.05) is 0 Å². The molecular formula is C20H25NO6. The number of rotatable bonds is 4. The quantitative estimate of drug-likeness (QED) is 0.634. The third-order valence-corrected chi connectivity index (χ3v) is 5.31. The van der Waals surface area contributed by atoms with Crippen LogP contribution in [0.2, 0.25) is 0 Å². The number of carbonyl (C=O) groups excluding carboxylic acids is 2. The van der Waals surface area contributed by atoms with E-state index in [1.165, 1.54) is 21.1 Å². The van der Waals surface area contributed by atoms with Crippen molar-refractivity contribution in [3.8, 4) is 11.5 Å². The molecule has 2 aliphatic rings. The topological polar surface area (TPSA) is 85.3 Å². The molecule has 0 fully saturated rings. The number of hydrogen-bond acceptors (Lipinski definition) is 7. The molecule has 146 valence electrons. The van der Waals surface area contributed by atoms with E-state index in [1.54, 1.807) is 12.1 Å². The number of methoxy groups -OCH3 is 2. The van der Waals surface area contributed by atoms with Crippen LogP contribution in [0.5, 0.6) is 11.5 Å². The fourth-order valence-corrected chi connectivity index (χ4v) is 4.24. The SMILES string of the molecule is COC1=CC2C(C[C@@H]1O)c1c(ccc(OC)c1OC(C)=O)C(=O)[C@@H]2N(C)C. The number of aliphatic hydroxyl groups excluding tert-OH is 1. The number of likely N-dealkylation sites (N-methyl/N-ethyl adjacent to an activating group) is 1. The van der Waals surface area contributed by atoms with Crippen molar-refractivity contribution in [3.63, 3.8) is 0 Å². The first-order chi connectivity index (χ1) is 12.8. The van der Waals surface area contributed by atoms with Gasteiger partial charge in [0.05, 0.1) is 20.3 Å². The first kappa shape index (κ1) is 19.4. The van der Waals surface area contributed by atoms with E-state index in [0.717, 1.165) is 0 Å². The second kappa shape index (κ2) is 7.32. The van der Waals surface area contributed by atoms with Gasteiger partial charge in [0.15, 0.2) is 17.3 Å². The van der Waals surface area contributed by atoms with Crippen molar-refractivity contribution in [3.05, 3.63) is 35.1 Å². The molecule has 0 amide bonds. The van der Waals surface area contributed by atoms with Gasteiger partial charge in [0, 0.05) is 24.0 Å². The van der Waals surface area contributed by atoms with Crippen LogP contribution in [0.4, 0.5) is 0 Å². The molecule has 4 atom stereocenters. The van der Waals surface area contributed by atoms with E-state index in [9.17, 15) is 14.7 Å². The average molecular weight is 375 g/mol. The van der Waals surface area contributed by atoms with Crippen LogP contribution < -0.4 is 9.47 Å². The molecule has 0 saturated carbocycles. The molecule has 3 rings (SSSR count). The molecule has 2 unspecified atom stereocenters. The van der Waals surface area contributed by atoms with E-state index in [2.05, 4.69) is 0 Å². The predicted octanol–water partition coefficient (Wildman–Crippen LogP) is 1.74. The number of nitrogens with zero attached hydrogens (tertiary/aromatic N) is 1. The molecule has 0 heterocycles. The van der Waals surface area contributed by atoms with Crippen molar-refractivity contribution in [2.75, 3.05) is 28.3 Å². The van der Waals surface area contributed by atoms with Gasteiger partial charge in [-0.3, -0.25) is 14.5 Å². The highest BCUT2D eigenvalue weighted by atomic mass is 16.6. The summed E-state index contributed by atoms with van der Waals surface area (Å²) in [6, 6.07) is 2.94. The Kier molecular flexibility index (Phi) is 5.26. The lowest BCUT2D eigenvalue weighted by Crippen LogP contribution is -2.49. The highest BCUT2D eigenvalue weighted by Crippen LogP contribution is 2.51. The maximum atomic E-state index is 13.3. The highest BCUT2D eigenvalue weighted by Gasteiger charge is 2.48. The van der Waals surface area contributed by atoms with Crippen molar-refractivity contribution < 1.29 is 28.9 Å². The largest absolute Gasteiger partial charge is 0.499 e. The van der Waals surface area contributed by atoms with Crippen LogP contribution in [0, 0.1) is 5.92 Å². The number of Topliss-reactive ketones (excluding diaryl/α,β-unsaturated/α-hetero) is 1. The normalized spacial score (nSPS) is 26.8. The molecule has 7 heteroatoms. The van der Waals surface area contributed by atoms with Gasteiger partial charge in [0.1, 0.15) is 11.9 Å². The first-order valence-corrected chi connectivity index (χ1v) is 8.83. The lowest BCUT2D eigenvalue weighted by molar-refractivity contribution is -0.132. The lowest BCUT2D eigenvalue weighted by Gasteiger charge is -2.44. The van der Waals surface area contributed by atoms with Crippen LogP contribution in [-0.2, 0) is 9.53 Å². The third-order valence-electron chi connectivity index (χ3n) is 5.31. The number of esters is 1. The predicted molar refractivity (Wildman–Crippen MR) is 98.1 cm³/mol. The second-order valence-electron chi connectivity index (χ2n) is 7.13. The summed E-state index contributed by atoms with van der Waals surface area (Å²) in [6.07, 6.45) is 1.38. The number of fused-ring (bicyclic) bond motifs is 3. The van der Waals surface area contributed by atoms with Crippen LogP contribution in [0.3, 0.4) is 0 Å². The summed E-state index contributed by atoms with van der Waals surface area (Å²) < 4.78 is 16.1. The van der Waals surface area contributed by atoms with E-state index < -0.39 is 18.1 Å². The zero-order valence-electron chi connectivity index (χ0n) is 16.2. The number of hydrogen-bond donors (Lipinski definition) is 1. The average Bonchev–Trinajstić information content (AvgIpc) is 2.61. The summed E-state index contributed by atoms with van der Waals surface area (Å²) in [6.45, 7) is 1.31. The Bertz CT molecular complexity index is 800. The zero-order valence-corrected chi connectivity index (χ0v) is 16.2. The Labute approximate surface area is 158 Å². The van der Waals surface area contributed by atoms with Crippen molar-refractivity contribution in [1.29, 1.82) is 0 Å². The maximum absolute atomic E-state index is 13.3. The molecule has 7 nitrogen and oxygen atoms in total. The molecule has 27 heavy (non-hydrogen) atoms. The first-order valence-electron chi connectivity index (χ1n) is 8.83. The van der Waals surface area contributed by atoms with E-state index >= 15 is 0 Å². The number of aliphatic hydroxyl groups is 1. The van der Waals surface area contributed by atoms with Crippen molar-refractivity contribution in [2.24, 2.45) is 5.92 Å². The number of carbonyl (C=O) groups is 2. The van der Waals surface area contributed by atoms with Crippen LogP contribution in [-0.4, -0.2) is 62.2 Å². The molecule has 0 spiro atoms. The summed E-state index contributed by atoms with van der Waals surface area (Å²) in [5, 5.41) is 10.5. The van der Waals surface area contributed by atoms with Gasteiger partial charge in [-0.25, -0.2) is 0 Å². The molecule has 0 aromatic heterocycles. The summed E-state index contributed by atoms with van der Waals surface area (Å²) >= 11 is 0. The minimum atomic E-state index is -0.795. The van der Waals surface area contributed by atoms with E-state index in [0.29, 0.717) is 29.1 Å². The van der Waals surface area contributed by atoms with Gasteiger partial charge in [-0.2, -0.15) is 0 Å². The standard InChI is InChI=1S/C20H25NO6/c1-10(22)27-20-15(25-4)7-6-11-17(20)12-8-14(23)16(26-5)9-13(12)18(19(11)24)21(2)3/h6-7,9,12-14,18,23H,8H2,1-5H3/t12?,13?,14-,18+/m0/s1. The minimum absolute atomic E-state index is 0.0598. The highest BCUT2D eigenvalue weighted by molar-refractivity contribution is 6.04. The zero-order chi connectivity index (χ0) is 19.9. The summed E-state index contributed by atoms with van der Waals surface area (Å²) in [5.74, 6) is 0.0964. The fourth-order valence-electron chi connectivity index (χ4n) is 4.24. The molecule has 0 saturated heterocycles. The molecular weight excluding hydrogens is 350 g/mol.